The van der Waals surface area contributed by atoms with Crippen LogP contribution in [0.2, 0.25) is 0 Å². The first-order valence-electron chi connectivity index (χ1n) is 6.25. The zero-order chi connectivity index (χ0) is 17.0. The number of benzene rings is 1. The minimum Gasteiger partial charge on any atom is -0.375 e. The number of anilines is 1. The molecule has 10 heteroatoms. The van der Waals surface area contributed by atoms with Gasteiger partial charge in [-0.1, -0.05) is 6.07 Å². The molecule has 0 radical (unpaired) electrons. The largest absolute Gasteiger partial charge is 0.375 e. The fourth-order valence-electron chi connectivity index (χ4n) is 1.79. The van der Waals surface area contributed by atoms with Gasteiger partial charge in [0.1, 0.15) is 5.69 Å². The molecule has 122 valence electrons. The Kier molecular flexibility index (Phi) is 4.84. The van der Waals surface area contributed by atoms with Gasteiger partial charge in [0.05, 0.1) is 9.82 Å². The Morgan fingerprint density at radius 2 is 2.04 bits per heavy atom. The standard InChI is InChI=1S/C13H11F2N3O4S/c14-13(15)23(21,22)10-3-4-11(12(6-10)18(19)20)17-8-9-2-1-5-16-7-9/h1-7,13,17H,8H2. The average Bonchev–Trinajstić information content (AvgIpc) is 2.53. The van der Waals surface area contributed by atoms with Crippen molar-refractivity contribution >= 4 is 21.2 Å². The summed E-state index contributed by atoms with van der Waals surface area (Å²) in [6.45, 7) is 0.204. The van der Waals surface area contributed by atoms with Crippen molar-refractivity contribution in [2.24, 2.45) is 0 Å². The molecule has 0 bridgehead atoms. The number of halogens is 2. The fraction of sp³-hybridized carbons (Fsp3) is 0.154. The number of alkyl halides is 2. The second-order valence-corrected chi connectivity index (χ2v) is 6.37. The van der Waals surface area contributed by atoms with Crippen molar-refractivity contribution in [3.05, 3.63) is 58.4 Å². The molecular formula is C13H11F2N3O4S. The van der Waals surface area contributed by atoms with Gasteiger partial charge in [-0.15, -0.1) is 0 Å². The minimum atomic E-state index is -4.89. The lowest BCUT2D eigenvalue weighted by Gasteiger charge is -2.09. The van der Waals surface area contributed by atoms with Crippen molar-refractivity contribution in [2.45, 2.75) is 17.2 Å². The summed E-state index contributed by atoms with van der Waals surface area (Å²) >= 11 is 0. The van der Waals surface area contributed by atoms with E-state index in [-0.39, 0.29) is 12.2 Å². The first-order valence-corrected chi connectivity index (χ1v) is 7.80. The van der Waals surface area contributed by atoms with E-state index in [9.17, 15) is 27.3 Å². The maximum Gasteiger partial charge on any atom is 0.341 e. The second-order valence-electron chi connectivity index (χ2n) is 4.46. The average molecular weight is 343 g/mol. The summed E-state index contributed by atoms with van der Waals surface area (Å²) in [6, 6.07) is 6.03. The predicted octanol–water partition coefficient (Wildman–Crippen LogP) is 2.60. The summed E-state index contributed by atoms with van der Waals surface area (Å²) in [6.07, 6.45) is 3.12. The maximum absolute atomic E-state index is 12.5. The van der Waals surface area contributed by atoms with E-state index < -0.39 is 31.1 Å². The lowest BCUT2D eigenvalue weighted by Crippen LogP contribution is -2.12. The fourth-order valence-corrected chi connectivity index (χ4v) is 2.53. The number of hydrogen-bond donors (Lipinski definition) is 1. The Morgan fingerprint density at radius 3 is 2.61 bits per heavy atom. The number of nitrogens with zero attached hydrogens (tertiary/aromatic N) is 2. The summed E-state index contributed by atoms with van der Waals surface area (Å²) in [5.41, 5.74) is 0.161. The van der Waals surface area contributed by atoms with Gasteiger partial charge < -0.3 is 5.32 Å². The van der Waals surface area contributed by atoms with Crippen LogP contribution in [0.4, 0.5) is 20.2 Å². The van der Waals surface area contributed by atoms with E-state index in [1.54, 1.807) is 24.5 Å². The molecular weight excluding hydrogens is 332 g/mol. The SMILES string of the molecule is O=[N+]([O-])c1cc(S(=O)(=O)C(F)F)ccc1NCc1cccnc1. The molecule has 23 heavy (non-hydrogen) atoms. The van der Waals surface area contributed by atoms with E-state index in [0.717, 1.165) is 17.7 Å². The minimum absolute atomic E-state index is 0.0204. The van der Waals surface area contributed by atoms with Crippen molar-refractivity contribution in [1.82, 2.24) is 4.98 Å². The molecule has 1 heterocycles. The van der Waals surface area contributed by atoms with Gasteiger partial charge in [-0.2, -0.15) is 8.78 Å². The highest BCUT2D eigenvalue weighted by atomic mass is 32.2. The number of rotatable bonds is 6. The summed E-state index contributed by atoms with van der Waals surface area (Å²) in [5, 5.41) is 13.8. The highest BCUT2D eigenvalue weighted by Gasteiger charge is 2.29. The molecule has 0 fully saturated rings. The molecule has 2 rings (SSSR count). The van der Waals surface area contributed by atoms with Crippen LogP contribution < -0.4 is 5.32 Å². The molecule has 0 spiro atoms. The van der Waals surface area contributed by atoms with E-state index in [0.29, 0.717) is 6.07 Å². The van der Waals surface area contributed by atoms with E-state index in [1.165, 1.54) is 0 Å². The quantitative estimate of drug-likeness (QED) is 0.639. The molecule has 0 saturated heterocycles. The monoisotopic (exact) mass is 343 g/mol. The van der Waals surface area contributed by atoms with Gasteiger partial charge in [0, 0.05) is 25.0 Å². The van der Waals surface area contributed by atoms with Gasteiger partial charge >= 0.3 is 5.76 Å². The Labute approximate surface area is 130 Å². The summed E-state index contributed by atoms with van der Waals surface area (Å²) in [4.78, 5) is 13.3. The summed E-state index contributed by atoms with van der Waals surface area (Å²) in [5.74, 6) is -3.64. The lowest BCUT2D eigenvalue weighted by atomic mass is 10.2. The van der Waals surface area contributed by atoms with Gasteiger partial charge in [-0.3, -0.25) is 15.1 Å². The number of nitro groups is 1. The normalized spacial score (nSPS) is 11.4. The van der Waals surface area contributed by atoms with Gasteiger partial charge in [-0.25, -0.2) is 8.42 Å². The molecule has 1 aromatic carbocycles. The van der Waals surface area contributed by atoms with Crippen molar-refractivity contribution < 1.29 is 22.1 Å². The Balaban J connectivity index is 2.32. The second kappa shape index (κ2) is 6.65. The predicted molar refractivity (Wildman–Crippen MR) is 77.8 cm³/mol. The Bertz CT molecular complexity index is 813. The highest BCUT2D eigenvalue weighted by molar-refractivity contribution is 7.91. The third kappa shape index (κ3) is 3.77. The maximum atomic E-state index is 12.5. The third-order valence-electron chi connectivity index (χ3n) is 2.93. The number of aromatic nitrogens is 1. The smallest absolute Gasteiger partial charge is 0.341 e. The van der Waals surface area contributed by atoms with Crippen LogP contribution in [0.15, 0.2) is 47.6 Å². The van der Waals surface area contributed by atoms with Gasteiger partial charge in [0.2, 0.25) is 9.84 Å². The molecule has 2 aromatic rings. The summed E-state index contributed by atoms with van der Waals surface area (Å²) in [7, 11) is -4.89. The van der Waals surface area contributed by atoms with Gasteiger partial charge in [-0.05, 0) is 23.8 Å². The van der Waals surface area contributed by atoms with Crippen LogP contribution in [-0.2, 0) is 16.4 Å². The van der Waals surface area contributed by atoms with Crippen molar-refractivity contribution in [3.8, 4) is 0 Å². The number of nitrogens with one attached hydrogen (secondary N) is 1. The van der Waals surface area contributed by atoms with Gasteiger partial charge in [0.15, 0.2) is 0 Å². The first-order chi connectivity index (χ1) is 10.8. The van der Waals surface area contributed by atoms with Gasteiger partial charge in [0.25, 0.3) is 5.69 Å². The van der Waals surface area contributed by atoms with Crippen molar-refractivity contribution in [2.75, 3.05) is 5.32 Å². The molecule has 1 N–H and O–H groups in total. The zero-order valence-corrected chi connectivity index (χ0v) is 12.3. The zero-order valence-electron chi connectivity index (χ0n) is 11.5. The van der Waals surface area contributed by atoms with E-state index in [4.69, 9.17) is 0 Å². The molecule has 0 aliphatic rings. The van der Waals surface area contributed by atoms with Crippen molar-refractivity contribution in [3.63, 3.8) is 0 Å². The van der Waals surface area contributed by atoms with E-state index >= 15 is 0 Å². The molecule has 0 unspecified atom stereocenters. The Hall–Kier alpha value is -2.62. The van der Waals surface area contributed by atoms with Crippen molar-refractivity contribution in [1.29, 1.82) is 0 Å². The van der Waals surface area contributed by atoms with Crippen LogP contribution in [0.1, 0.15) is 5.56 Å². The third-order valence-corrected chi connectivity index (χ3v) is 4.31. The number of nitro benzene ring substituents is 1. The topological polar surface area (TPSA) is 102 Å². The number of sulfone groups is 1. The first kappa shape index (κ1) is 16.7. The highest BCUT2D eigenvalue weighted by Crippen LogP contribution is 2.30. The van der Waals surface area contributed by atoms with E-state index in [1.807, 2.05) is 0 Å². The molecule has 0 atom stereocenters. The van der Waals surface area contributed by atoms with Crippen LogP contribution in [0.3, 0.4) is 0 Å². The summed E-state index contributed by atoms with van der Waals surface area (Å²) < 4.78 is 47.8. The van der Waals surface area contributed by atoms with Crippen LogP contribution in [0.5, 0.6) is 0 Å². The molecule has 7 nitrogen and oxygen atoms in total. The molecule has 0 saturated carbocycles. The molecule has 0 aliphatic heterocycles. The van der Waals surface area contributed by atoms with Crippen LogP contribution in [0.25, 0.3) is 0 Å². The molecule has 0 amide bonds. The van der Waals surface area contributed by atoms with Crippen LogP contribution >= 0.6 is 0 Å². The van der Waals surface area contributed by atoms with E-state index in [2.05, 4.69) is 10.3 Å². The lowest BCUT2D eigenvalue weighted by molar-refractivity contribution is -0.384. The Morgan fingerprint density at radius 1 is 1.30 bits per heavy atom. The number of hydrogen-bond acceptors (Lipinski definition) is 6. The van der Waals surface area contributed by atoms with Crippen LogP contribution in [-0.4, -0.2) is 24.1 Å². The molecule has 1 aromatic heterocycles. The molecule has 0 aliphatic carbocycles. The number of pyridine rings is 1. The van der Waals surface area contributed by atoms with Crippen LogP contribution in [0, 0.1) is 10.1 Å².